The molecule has 0 bridgehead atoms. The Balaban J connectivity index is 2.36. The van der Waals surface area contributed by atoms with Crippen molar-refractivity contribution in [3.05, 3.63) is 0 Å². The minimum absolute atomic E-state index is 0.258. The third-order valence-corrected chi connectivity index (χ3v) is 3.47. The molecule has 4 heteroatoms. The van der Waals surface area contributed by atoms with Crippen LogP contribution in [0.25, 0.3) is 0 Å². The Hall–Kier alpha value is -0.250. The zero-order chi connectivity index (χ0) is 12.3. The Morgan fingerprint density at radius 2 is 1.88 bits per heavy atom. The Morgan fingerprint density at radius 1 is 1.25 bits per heavy atom. The highest BCUT2D eigenvalue weighted by atomic mass is 19.4. The summed E-state index contributed by atoms with van der Waals surface area (Å²) >= 11 is 0. The lowest BCUT2D eigenvalue weighted by Crippen LogP contribution is -2.44. The summed E-state index contributed by atoms with van der Waals surface area (Å²) in [7, 11) is 0. The molecule has 1 rings (SSSR count). The van der Waals surface area contributed by atoms with Gasteiger partial charge in [-0.3, -0.25) is 0 Å². The van der Waals surface area contributed by atoms with Crippen LogP contribution in [0, 0.1) is 11.8 Å². The molecule has 1 nitrogen and oxygen atoms in total. The zero-order valence-corrected chi connectivity index (χ0v) is 10.3. The highest BCUT2D eigenvalue weighted by molar-refractivity contribution is 4.83. The Kier molecular flexibility index (Phi) is 4.65. The summed E-state index contributed by atoms with van der Waals surface area (Å²) < 4.78 is 36.5. The molecule has 16 heavy (non-hydrogen) atoms. The first-order chi connectivity index (χ1) is 7.28. The second kappa shape index (κ2) is 5.39. The third-order valence-electron chi connectivity index (χ3n) is 3.47. The van der Waals surface area contributed by atoms with Crippen molar-refractivity contribution in [1.82, 2.24) is 5.32 Å². The van der Waals surface area contributed by atoms with Gasteiger partial charge in [-0.25, -0.2) is 0 Å². The van der Waals surface area contributed by atoms with Crippen LogP contribution in [0.5, 0.6) is 0 Å². The summed E-state index contributed by atoms with van der Waals surface area (Å²) in [5.41, 5.74) is 0. The fourth-order valence-electron chi connectivity index (χ4n) is 2.68. The van der Waals surface area contributed by atoms with Crippen molar-refractivity contribution < 1.29 is 13.2 Å². The van der Waals surface area contributed by atoms with Gasteiger partial charge in [0, 0.05) is 12.1 Å². The molecule has 0 radical (unpaired) electrons. The SMILES string of the molecule is CC1CCC(NC(C)CC(F)(F)F)C(C)C1. The number of hydrogen-bond donors (Lipinski definition) is 1. The van der Waals surface area contributed by atoms with E-state index in [4.69, 9.17) is 0 Å². The first kappa shape index (κ1) is 13.8. The van der Waals surface area contributed by atoms with Crippen molar-refractivity contribution in [3.8, 4) is 0 Å². The van der Waals surface area contributed by atoms with Crippen molar-refractivity contribution in [3.63, 3.8) is 0 Å². The monoisotopic (exact) mass is 237 g/mol. The van der Waals surface area contributed by atoms with Gasteiger partial charge < -0.3 is 5.32 Å². The van der Waals surface area contributed by atoms with E-state index in [1.54, 1.807) is 6.92 Å². The van der Waals surface area contributed by atoms with Crippen LogP contribution in [0.1, 0.15) is 46.5 Å². The van der Waals surface area contributed by atoms with Gasteiger partial charge in [-0.1, -0.05) is 13.8 Å². The van der Waals surface area contributed by atoms with Gasteiger partial charge >= 0.3 is 6.18 Å². The van der Waals surface area contributed by atoms with Crippen LogP contribution in [-0.4, -0.2) is 18.3 Å². The molecular formula is C12H22F3N. The molecule has 0 saturated heterocycles. The number of alkyl halides is 3. The molecule has 96 valence electrons. The first-order valence-corrected chi connectivity index (χ1v) is 6.10. The third kappa shape index (κ3) is 4.73. The van der Waals surface area contributed by atoms with E-state index in [-0.39, 0.29) is 6.04 Å². The van der Waals surface area contributed by atoms with Crippen LogP contribution in [0.2, 0.25) is 0 Å². The van der Waals surface area contributed by atoms with Gasteiger partial charge in [-0.15, -0.1) is 0 Å². The summed E-state index contributed by atoms with van der Waals surface area (Å²) in [6, 6.07) is -0.214. The van der Waals surface area contributed by atoms with Gasteiger partial charge in [0.25, 0.3) is 0 Å². The topological polar surface area (TPSA) is 12.0 Å². The maximum atomic E-state index is 12.2. The van der Waals surface area contributed by atoms with Gasteiger partial charge in [0.05, 0.1) is 6.42 Å². The summed E-state index contributed by atoms with van der Waals surface area (Å²) in [5, 5.41) is 3.13. The first-order valence-electron chi connectivity index (χ1n) is 6.10. The fourth-order valence-corrected chi connectivity index (χ4v) is 2.68. The fraction of sp³-hybridized carbons (Fsp3) is 1.00. The molecule has 0 aromatic rings. The van der Waals surface area contributed by atoms with Gasteiger partial charge in [0.2, 0.25) is 0 Å². The lowest BCUT2D eigenvalue weighted by Gasteiger charge is -2.35. The van der Waals surface area contributed by atoms with Crippen LogP contribution < -0.4 is 5.32 Å². The molecule has 1 aliphatic carbocycles. The van der Waals surface area contributed by atoms with E-state index in [2.05, 4.69) is 19.2 Å². The van der Waals surface area contributed by atoms with Crippen LogP contribution >= 0.6 is 0 Å². The molecule has 0 amide bonds. The van der Waals surface area contributed by atoms with Gasteiger partial charge in [0.15, 0.2) is 0 Å². The van der Waals surface area contributed by atoms with Crippen LogP contribution in [0.3, 0.4) is 0 Å². The second-order valence-electron chi connectivity index (χ2n) is 5.39. The average molecular weight is 237 g/mol. The smallest absolute Gasteiger partial charge is 0.311 e. The highest BCUT2D eigenvalue weighted by Gasteiger charge is 2.32. The average Bonchev–Trinajstić information content (AvgIpc) is 2.06. The standard InChI is InChI=1S/C12H22F3N/c1-8-4-5-11(9(2)6-8)16-10(3)7-12(13,14)15/h8-11,16H,4-7H2,1-3H3. The van der Waals surface area contributed by atoms with E-state index in [1.165, 1.54) is 0 Å². The van der Waals surface area contributed by atoms with Crippen molar-refractivity contribution in [2.45, 2.75) is 64.7 Å². The van der Waals surface area contributed by atoms with Crippen molar-refractivity contribution >= 4 is 0 Å². The molecular weight excluding hydrogens is 215 g/mol. The predicted octanol–water partition coefficient (Wildman–Crippen LogP) is 3.74. The molecule has 1 fully saturated rings. The summed E-state index contributed by atoms with van der Waals surface area (Å²) in [4.78, 5) is 0. The zero-order valence-electron chi connectivity index (χ0n) is 10.3. The molecule has 0 heterocycles. The summed E-state index contributed by atoms with van der Waals surface area (Å²) in [6.07, 6.45) is -1.54. The van der Waals surface area contributed by atoms with Crippen molar-refractivity contribution in [1.29, 1.82) is 0 Å². The predicted molar refractivity (Wildman–Crippen MR) is 59.2 cm³/mol. The summed E-state index contributed by atoms with van der Waals surface area (Å²) in [6.45, 7) is 5.97. The van der Waals surface area contributed by atoms with E-state index < -0.39 is 18.6 Å². The molecule has 1 aliphatic rings. The largest absolute Gasteiger partial charge is 0.390 e. The Morgan fingerprint density at radius 3 is 2.38 bits per heavy atom. The molecule has 1 saturated carbocycles. The maximum absolute atomic E-state index is 12.2. The van der Waals surface area contributed by atoms with Gasteiger partial charge in [-0.05, 0) is 38.0 Å². The second-order valence-corrected chi connectivity index (χ2v) is 5.39. The van der Waals surface area contributed by atoms with Gasteiger partial charge in [0.1, 0.15) is 0 Å². The summed E-state index contributed by atoms with van der Waals surface area (Å²) in [5.74, 6) is 1.20. The van der Waals surface area contributed by atoms with Crippen molar-refractivity contribution in [2.24, 2.45) is 11.8 Å². The van der Waals surface area contributed by atoms with Crippen LogP contribution in [0.15, 0.2) is 0 Å². The molecule has 4 unspecified atom stereocenters. The maximum Gasteiger partial charge on any atom is 0.390 e. The lowest BCUT2D eigenvalue weighted by molar-refractivity contribution is -0.139. The minimum Gasteiger partial charge on any atom is -0.311 e. The van der Waals surface area contributed by atoms with E-state index in [0.717, 1.165) is 19.3 Å². The molecule has 0 aliphatic heterocycles. The van der Waals surface area contributed by atoms with Crippen molar-refractivity contribution in [2.75, 3.05) is 0 Å². The molecule has 1 N–H and O–H groups in total. The number of hydrogen-bond acceptors (Lipinski definition) is 1. The lowest BCUT2D eigenvalue weighted by atomic mass is 9.79. The van der Waals surface area contributed by atoms with E-state index >= 15 is 0 Å². The van der Waals surface area contributed by atoms with Crippen LogP contribution in [0.4, 0.5) is 13.2 Å². The number of rotatable bonds is 3. The van der Waals surface area contributed by atoms with E-state index in [0.29, 0.717) is 11.8 Å². The molecule has 0 spiro atoms. The number of nitrogens with one attached hydrogen (secondary N) is 1. The van der Waals surface area contributed by atoms with E-state index in [9.17, 15) is 13.2 Å². The molecule has 0 aromatic carbocycles. The van der Waals surface area contributed by atoms with Crippen LogP contribution in [-0.2, 0) is 0 Å². The minimum atomic E-state index is -4.06. The van der Waals surface area contributed by atoms with Gasteiger partial charge in [-0.2, -0.15) is 13.2 Å². The normalized spacial score (nSPS) is 33.8. The van der Waals surface area contributed by atoms with E-state index in [1.807, 2.05) is 0 Å². The number of halogens is 3. The Bertz CT molecular complexity index is 215. The molecule has 4 atom stereocenters. The Labute approximate surface area is 95.8 Å². The molecule has 0 aromatic heterocycles. The quantitative estimate of drug-likeness (QED) is 0.788. The highest BCUT2D eigenvalue weighted by Crippen LogP contribution is 2.30.